The monoisotopic (exact) mass is 442 g/mol. The number of benzene rings is 1. The van der Waals surface area contributed by atoms with Crippen LogP contribution >= 0.6 is 11.3 Å². The first-order chi connectivity index (χ1) is 14.9. The smallest absolute Gasteiger partial charge is 0.254 e. The largest absolute Gasteiger partial charge is 0.507 e. The fourth-order valence-corrected chi connectivity index (χ4v) is 5.82. The van der Waals surface area contributed by atoms with Crippen LogP contribution in [0, 0.1) is 13.8 Å². The zero-order chi connectivity index (χ0) is 22.1. The van der Waals surface area contributed by atoms with Crippen LogP contribution in [0.3, 0.4) is 0 Å². The number of hydrogen-bond acceptors (Lipinski definition) is 6. The summed E-state index contributed by atoms with van der Waals surface area (Å²) in [7, 11) is 0. The van der Waals surface area contributed by atoms with Crippen molar-refractivity contribution in [3.63, 3.8) is 0 Å². The van der Waals surface area contributed by atoms with Gasteiger partial charge in [-0.25, -0.2) is 10.9 Å². The number of rotatable bonds is 5. The van der Waals surface area contributed by atoms with Gasteiger partial charge in [-0.3, -0.25) is 9.59 Å². The molecule has 31 heavy (non-hydrogen) atoms. The van der Waals surface area contributed by atoms with Gasteiger partial charge in [0, 0.05) is 17.0 Å². The number of aromatic hydroxyl groups is 1. The van der Waals surface area contributed by atoms with Crippen LogP contribution in [0.1, 0.15) is 69.7 Å². The normalized spacial score (nSPS) is 20.4. The predicted molar refractivity (Wildman–Crippen MR) is 123 cm³/mol. The highest BCUT2D eigenvalue weighted by Gasteiger charge is 2.33. The molecule has 1 aliphatic heterocycles. The molecule has 7 nitrogen and oxygen atoms in total. The van der Waals surface area contributed by atoms with E-state index in [-0.39, 0.29) is 23.6 Å². The molecule has 2 unspecified atom stereocenters. The van der Waals surface area contributed by atoms with Crippen LogP contribution in [-0.2, 0) is 17.6 Å². The predicted octanol–water partition coefficient (Wildman–Crippen LogP) is 3.25. The van der Waals surface area contributed by atoms with Crippen molar-refractivity contribution >= 4 is 28.2 Å². The number of hydrogen-bond donors (Lipinski definition) is 5. The first kappa shape index (κ1) is 21.8. The van der Waals surface area contributed by atoms with E-state index in [9.17, 15) is 14.7 Å². The number of phenolic OH excluding ortho intramolecular Hbond substituents is 1. The molecule has 2 atom stereocenters. The van der Waals surface area contributed by atoms with Gasteiger partial charge in [0.15, 0.2) is 0 Å². The Kier molecular flexibility index (Phi) is 6.31. The quantitative estimate of drug-likeness (QED) is 0.489. The van der Waals surface area contributed by atoms with Gasteiger partial charge >= 0.3 is 0 Å². The Labute approximate surface area is 186 Å². The Morgan fingerprint density at radius 2 is 1.97 bits per heavy atom. The summed E-state index contributed by atoms with van der Waals surface area (Å²) in [4.78, 5) is 27.0. The summed E-state index contributed by atoms with van der Waals surface area (Å²) in [5, 5.41) is 17.0. The number of carbonyl (C=O) groups is 2. The molecule has 1 aliphatic carbocycles. The SMILES string of the molecule is CCNC(=O)c1c(NC(=O)C2CC(c3cc(C)cc(C)c3O)NN2)sc2c1CCCC2. The van der Waals surface area contributed by atoms with Gasteiger partial charge in [0.1, 0.15) is 16.8 Å². The maximum atomic E-state index is 13.1. The Morgan fingerprint density at radius 1 is 1.19 bits per heavy atom. The van der Waals surface area contributed by atoms with Gasteiger partial charge in [-0.15, -0.1) is 11.3 Å². The number of thiophene rings is 1. The molecule has 0 radical (unpaired) electrons. The Morgan fingerprint density at radius 3 is 2.74 bits per heavy atom. The molecule has 2 aliphatic rings. The lowest BCUT2D eigenvalue weighted by Gasteiger charge is -2.15. The number of nitrogens with one attached hydrogen (secondary N) is 4. The molecule has 1 saturated heterocycles. The van der Waals surface area contributed by atoms with Crippen molar-refractivity contribution in [2.24, 2.45) is 0 Å². The lowest BCUT2D eigenvalue weighted by Crippen LogP contribution is -2.39. The van der Waals surface area contributed by atoms with Gasteiger partial charge in [0.05, 0.1) is 11.6 Å². The molecular formula is C23H30N4O3S. The van der Waals surface area contributed by atoms with Gasteiger partial charge in [-0.05, 0) is 64.0 Å². The van der Waals surface area contributed by atoms with Crippen LogP contribution in [0.5, 0.6) is 5.75 Å². The van der Waals surface area contributed by atoms with Crippen LogP contribution < -0.4 is 21.5 Å². The minimum absolute atomic E-state index is 0.118. The Balaban J connectivity index is 1.52. The summed E-state index contributed by atoms with van der Waals surface area (Å²) < 4.78 is 0. The molecule has 0 spiro atoms. The maximum Gasteiger partial charge on any atom is 0.254 e. The van der Waals surface area contributed by atoms with Crippen LogP contribution in [0.2, 0.25) is 0 Å². The molecular weight excluding hydrogens is 412 g/mol. The third-order valence-corrected chi connectivity index (χ3v) is 7.25. The van der Waals surface area contributed by atoms with E-state index in [2.05, 4.69) is 21.5 Å². The van der Waals surface area contributed by atoms with E-state index < -0.39 is 6.04 Å². The fourth-order valence-electron chi connectivity index (χ4n) is 4.53. The van der Waals surface area contributed by atoms with Crippen molar-refractivity contribution in [3.8, 4) is 5.75 Å². The minimum Gasteiger partial charge on any atom is -0.507 e. The molecule has 2 heterocycles. The van der Waals surface area contributed by atoms with Crippen molar-refractivity contribution in [1.82, 2.24) is 16.2 Å². The van der Waals surface area contributed by atoms with E-state index in [0.717, 1.165) is 47.9 Å². The first-order valence-corrected chi connectivity index (χ1v) is 11.8. The lowest BCUT2D eigenvalue weighted by molar-refractivity contribution is -0.117. The topological polar surface area (TPSA) is 102 Å². The summed E-state index contributed by atoms with van der Waals surface area (Å²) in [5.74, 6) is -0.0360. The highest BCUT2D eigenvalue weighted by molar-refractivity contribution is 7.17. The van der Waals surface area contributed by atoms with Crippen LogP contribution in [-0.4, -0.2) is 29.5 Å². The minimum atomic E-state index is -0.466. The molecule has 0 saturated carbocycles. The van der Waals surface area contributed by atoms with Gasteiger partial charge in [-0.2, -0.15) is 0 Å². The number of anilines is 1. The molecule has 166 valence electrons. The average Bonchev–Trinajstić information content (AvgIpc) is 3.35. The summed E-state index contributed by atoms with van der Waals surface area (Å²) in [5.41, 5.74) is 10.6. The van der Waals surface area contributed by atoms with E-state index in [4.69, 9.17) is 0 Å². The molecule has 8 heteroatoms. The molecule has 5 N–H and O–H groups in total. The van der Waals surface area contributed by atoms with Crippen LogP contribution in [0.25, 0.3) is 0 Å². The number of aryl methyl sites for hydroxylation is 3. The number of amides is 2. The van der Waals surface area contributed by atoms with E-state index in [1.54, 1.807) is 0 Å². The standard InChI is InChI=1S/C23H30N4O3S/c1-4-24-22(30)19-14-7-5-6-8-18(14)31-23(19)25-21(29)17-11-16(26-27-17)15-10-12(2)9-13(3)20(15)28/h9-10,16-17,26-28H,4-8,11H2,1-3H3,(H,24,30)(H,25,29). The molecule has 0 bridgehead atoms. The molecule has 2 aromatic rings. The van der Waals surface area contributed by atoms with Crippen molar-refractivity contribution in [1.29, 1.82) is 0 Å². The third kappa shape index (κ3) is 4.33. The number of fused-ring (bicyclic) bond motifs is 1. The first-order valence-electron chi connectivity index (χ1n) is 10.9. The summed E-state index contributed by atoms with van der Waals surface area (Å²) >= 11 is 1.53. The maximum absolute atomic E-state index is 13.1. The van der Waals surface area contributed by atoms with Gasteiger partial charge in [-0.1, -0.05) is 17.7 Å². The zero-order valence-corrected chi connectivity index (χ0v) is 19.0. The van der Waals surface area contributed by atoms with E-state index in [0.29, 0.717) is 23.5 Å². The second-order valence-electron chi connectivity index (χ2n) is 8.41. The molecule has 1 fully saturated rings. The number of phenols is 1. The van der Waals surface area contributed by atoms with Gasteiger partial charge in [0.2, 0.25) is 5.91 Å². The summed E-state index contributed by atoms with van der Waals surface area (Å²) in [6, 6.07) is 3.25. The van der Waals surface area contributed by atoms with Crippen molar-refractivity contribution in [2.75, 3.05) is 11.9 Å². The van der Waals surface area contributed by atoms with Crippen LogP contribution in [0.4, 0.5) is 5.00 Å². The second kappa shape index (κ2) is 8.98. The van der Waals surface area contributed by atoms with Crippen molar-refractivity contribution < 1.29 is 14.7 Å². The van der Waals surface area contributed by atoms with Crippen molar-refractivity contribution in [3.05, 3.63) is 44.8 Å². The summed E-state index contributed by atoms with van der Waals surface area (Å²) in [6.45, 7) is 6.31. The Hall–Kier alpha value is -2.42. The van der Waals surface area contributed by atoms with Crippen LogP contribution in [0.15, 0.2) is 12.1 Å². The molecule has 2 amide bonds. The second-order valence-corrected chi connectivity index (χ2v) is 9.52. The number of carbonyl (C=O) groups excluding carboxylic acids is 2. The van der Waals surface area contributed by atoms with E-state index in [1.165, 1.54) is 16.2 Å². The highest BCUT2D eigenvalue weighted by Crippen LogP contribution is 2.39. The molecule has 1 aromatic carbocycles. The number of hydrazine groups is 1. The average molecular weight is 443 g/mol. The zero-order valence-electron chi connectivity index (χ0n) is 18.2. The lowest BCUT2D eigenvalue weighted by atomic mass is 9.95. The summed E-state index contributed by atoms with van der Waals surface area (Å²) in [6.07, 6.45) is 4.53. The molecule has 4 rings (SSSR count). The fraction of sp³-hybridized carbons (Fsp3) is 0.478. The Bertz CT molecular complexity index is 1020. The highest BCUT2D eigenvalue weighted by atomic mass is 32.1. The van der Waals surface area contributed by atoms with E-state index in [1.807, 2.05) is 32.9 Å². The van der Waals surface area contributed by atoms with Crippen molar-refractivity contribution in [2.45, 2.75) is 65.0 Å². The molecule has 1 aromatic heterocycles. The van der Waals surface area contributed by atoms with Gasteiger partial charge in [0.25, 0.3) is 5.91 Å². The van der Waals surface area contributed by atoms with E-state index >= 15 is 0 Å². The van der Waals surface area contributed by atoms with Gasteiger partial charge < -0.3 is 15.7 Å². The third-order valence-electron chi connectivity index (χ3n) is 6.04.